The summed E-state index contributed by atoms with van der Waals surface area (Å²) in [5.41, 5.74) is 4.27. The molecule has 0 aliphatic carbocycles. The lowest BCUT2D eigenvalue weighted by Gasteiger charge is -2.04. The summed E-state index contributed by atoms with van der Waals surface area (Å²) in [5.74, 6) is -0.471. The van der Waals surface area contributed by atoms with E-state index in [9.17, 15) is 4.39 Å². The topological polar surface area (TPSA) is 23.8 Å². The Morgan fingerprint density at radius 2 is 1.90 bits per heavy atom. The molecule has 0 unspecified atom stereocenters. The maximum Gasteiger partial charge on any atom is 0.141 e. The molecule has 2 aromatic rings. The Hall–Kier alpha value is -2.40. The monoisotopic (exact) mass is 279 g/mol. The van der Waals surface area contributed by atoms with Crippen molar-refractivity contribution in [2.45, 2.75) is 26.7 Å². The lowest BCUT2D eigenvalue weighted by molar-refractivity contribution is 0.623. The van der Waals surface area contributed by atoms with Gasteiger partial charge in [-0.2, -0.15) is 5.26 Å². The molecule has 2 rings (SSSR count). The first-order valence-electron chi connectivity index (χ1n) is 7.11. The SMILES string of the molecule is CCCc1ccc(/C=C(\C)c2ccc(C#N)c(F)c2)cc1. The van der Waals surface area contributed by atoms with E-state index in [0.29, 0.717) is 0 Å². The van der Waals surface area contributed by atoms with Crippen LogP contribution in [-0.4, -0.2) is 0 Å². The van der Waals surface area contributed by atoms with Crippen LogP contribution < -0.4 is 0 Å². The summed E-state index contributed by atoms with van der Waals surface area (Å²) < 4.78 is 13.6. The van der Waals surface area contributed by atoms with Gasteiger partial charge >= 0.3 is 0 Å². The highest BCUT2D eigenvalue weighted by Crippen LogP contribution is 2.20. The quantitative estimate of drug-likeness (QED) is 0.705. The lowest BCUT2D eigenvalue weighted by Crippen LogP contribution is -1.88. The van der Waals surface area contributed by atoms with Gasteiger partial charge < -0.3 is 0 Å². The van der Waals surface area contributed by atoms with E-state index in [1.54, 1.807) is 6.07 Å². The van der Waals surface area contributed by atoms with E-state index < -0.39 is 5.82 Å². The molecular weight excluding hydrogens is 261 g/mol. The number of halogens is 1. The van der Waals surface area contributed by atoms with Crippen molar-refractivity contribution in [3.8, 4) is 6.07 Å². The van der Waals surface area contributed by atoms with Crippen molar-refractivity contribution in [2.75, 3.05) is 0 Å². The second kappa shape index (κ2) is 6.85. The number of nitriles is 1. The molecule has 0 fully saturated rings. The molecule has 2 aromatic carbocycles. The van der Waals surface area contributed by atoms with E-state index >= 15 is 0 Å². The van der Waals surface area contributed by atoms with Crippen molar-refractivity contribution >= 4 is 11.6 Å². The summed E-state index contributed by atoms with van der Waals surface area (Å²) in [6, 6.07) is 15.0. The van der Waals surface area contributed by atoms with Crippen LogP contribution in [0.1, 0.15) is 42.5 Å². The highest BCUT2D eigenvalue weighted by atomic mass is 19.1. The van der Waals surface area contributed by atoms with Gasteiger partial charge in [-0.1, -0.05) is 49.8 Å². The molecule has 0 bridgehead atoms. The van der Waals surface area contributed by atoms with Crippen LogP contribution in [0.25, 0.3) is 11.6 Å². The van der Waals surface area contributed by atoms with E-state index in [2.05, 4.69) is 31.2 Å². The number of hydrogen-bond acceptors (Lipinski definition) is 1. The summed E-state index contributed by atoms with van der Waals surface area (Å²) in [7, 11) is 0. The predicted octanol–water partition coefficient (Wildman–Crippen LogP) is 5.21. The first-order valence-corrected chi connectivity index (χ1v) is 7.11. The van der Waals surface area contributed by atoms with Crippen LogP contribution in [0.3, 0.4) is 0 Å². The molecule has 0 aliphatic heterocycles. The Morgan fingerprint density at radius 3 is 2.48 bits per heavy atom. The van der Waals surface area contributed by atoms with Crippen molar-refractivity contribution in [3.63, 3.8) is 0 Å². The normalized spacial score (nSPS) is 11.2. The van der Waals surface area contributed by atoms with E-state index in [1.165, 1.54) is 17.7 Å². The highest BCUT2D eigenvalue weighted by molar-refractivity contribution is 5.80. The molecule has 0 saturated heterocycles. The molecule has 106 valence electrons. The van der Waals surface area contributed by atoms with Crippen LogP contribution in [0.15, 0.2) is 42.5 Å². The highest BCUT2D eigenvalue weighted by Gasteiger charge is 2.04. The smallest absolute Gasteiger partial charge is 0.141 e. The average Bonchev–Trinajstić information content (AvgIpc) is 2.49. The molecule has 0 aliphatic rings. The van der Waals surface area contributed by atoms with Gasteiger partial charge in [0, 0.05) is 0 Å². The van der Waals surface area contributed by atoms with Gasteiger partial charge in [0.05, 0.1) is 5.56 Å². The molecule has 2 heteroatoms. The van der Waals surface area contributed by atoms with E-state index in [1.807, 2.05) is 19.1 Å². The predicted molar refractivity (Wildman–Crippen MR) is 85.1 cm³/mol. The number of hydrogen-bond donors (Lipinski definition) is 0. The maximum atomic E-state index is 13.6. The van der Waals surface area contributed by atoms with Crippen LogP contribution in [0, 0.1) is 17.1 Å². The summed E-state index contributed by atoms with van der Waals surface area (Å²) in [6.45, 7) is 4.11. The first kappa shape index (κ1) is 15.0. The van der Waals surface area contributed by atoms with Gasteiger partial charge in [-0.3, -0.25) is 0 Å². The van der Waals surface area contributed by atoms with Crippen molar-refractivity contribution in [3.05, 3.63) is 70.5 Å². The zero-order chi connectivity index (χ0) is 15.2. The fraction of sp³-hybridized carbons (Fsp3) is 0.211. The molecule has 0 atom stereocenters. The van der Waals surface area contributed by atoms with Crippen molar-refractivity contribution in [1.29, 1.82) is 5.26 Å². The van der Waals surface area contributed by atoms with Crippen molar-refractivity contribution in [1.82, 2.24) is 0 Å². The summed E-state index contributed by atoms with van der Waals surface area (Å²) in [4.78, 5) is 0. The van der Waals surface area contributed by atoms with Crippen molar-refractivity contribution < 1.29 is 4.39 Å². The average molecular weight is 279 g/mol. The molecule has 1 nitrogen and oxygen atoms in total. The van der Waals surface area contributed by atoms with E-state index in [4.69, 9.17) is 5.26 Å². The standard InChI is InChI=1S/C19H18FN/c1-3-4-15-5-7-16(8-6-15)11-14(2)17-9-10-18(13-21)19(20)12-17/h5-12H,3-4H2,1-2H3/b14-11+. The fourth-order valence-corrected chi connectivity index (χ4v) is 2.25. The van der Waals surface area contributed by atoms with Crippen molar-refractivity contribution in [2.24, 2.45) is 0 Å². The summed E-state index contributed by atoms with van der Waals surface area (Å²) >= 11 is 0. The third-order valence-electron chi connectivity index (χ3n) is 3.45. The molecule has 0 spiro atoms. The molecule has 0 N–H and O–H groups in total. The number of nitrogens with zero attached hydrogens (tertiary/aromatic N) is 1. The second-order valence-electron chi connectivity index (χ2n) is 5.13. The minimum absolute atomic E-state index is 0.0791. The van der Waals surface area contributed by atoms with Gasteiger partial charge in [0.15, 0.2) is 0 Å². The summed E-state index contributed by atoms with van der Waals surface area (Å²) in [6.07, 6.45) is 4.25. The number of benzene rings is 2. The minimum atomic E-state index is -0.471. The van der Waals surface area contributed by atoms with Gasteiger partial charge in [-0.25, -0.2) is 4.39 Å². The largest absolute Gasteiger partial charge is 0.206 e. The number of allylic oxidation sites excluding steroid dienone is 1. The Kier molecular flexibility index (Phi) is 4.90. The molecule has 0 radical (unpaired) electrons. The van der Waals surface area contributed by atoms with E-state index in [-0.39, 0.29) is 5.56 Å². The number of rotatable bonds is 4. The summed E-state index contributed by atoms with van der Waals surface area (Å²) in [5, 5.41) is 8.75. The van der Waals surface area contributed by atoms with Crippen LogP contribution in [0.2, 0.25) is 0 Å². The number of aryl methyl sites for hydroxylation is 1. The van der Waals surface area contributed by atoms with Gasteiger partial charge in [0.1, 0.15) is 11.9 Å². The van der Waals surface area contributed by atoms with Crippen LogP contribution >= 0.6 is 0 Å². The Labute approximate surface area is 125 Å². The Morgan fingerprint density at radius 1 is 1.19 bits per heavy atom. The van der Waals surface area contributed by atoms with Gasteiger partial charge in [0.2, 0.25) is 0 Å². The van der Waals surface area contributed by atoms with Gasteiger partial charge in [-0.05, 0) is 47.7 Å². The van der Waals surface area contributed by atoms with Crippen LogP contribution in [0.4, 0.5) is 4.39 Å². The molecule has 0 aromatic heterocycles. The maximum absolute atomic E-state index is 13.6. The Bertz CT molecular complexity index is 690. The van der Waals surface area contributed by atoms with Gasteiger partial charge in [0.25, 0.3) is 0 Å². The van der Waals surface area contributed by atoms with Gasteiger partial charge in [-0.15, -0.1) is 0 Å². The molecule has 0 heterocycles. The molecule has 0 amide bonds. The molecular formula is C19H18FN. The zero-order valence-corrected chi connectivity index (χ0v) is 12.4. The third kappa shape index (κ3) is 3.79. The minimum Gasteiger partial charge on any atom is -0.206 e. The van der Waals surface area contributed by atoms with Crippen LogP contribution in [0.5, 0.6) is 0 Å². The zero-order valence-electron chi connectivity index (χ0n) is 12.4. The Balaban J connectivity index is 2.24. The van der Waals surface area contributed by atoms with E-state index in [0.717, 1.165) is 29.5 Å². The molecule has 21 heavy (non-hydrogen) atoms. The molecule has 0 saturated carbocycles. The fourth-order valence-electron chi connectivity index (χ4n) is 2.25. The van der Waals surface area contributed by atoms with Crippen LogP contribution in [-0.2, 0) is 6.42 Å². The lowest BCUT2D eigenvalue weighted by atomic mass is 10.0. The second-order valence-corrected chi connectivity index (χ2v) is 5.13. The third-order valence-corrected chi connectivity index (χ3v) is 3.45. The first-order chi connectivity index (χ1) is 10.1.